The van der Waals surface area contributed by atoms with Gasteiger partial charge in [0.2, 0.25) is 0 Å². The summed E-state index contributed by atoms with van der Waals surface area (Å²) in [5, 5.41) is 0.800. The third-order valence-corrected chi connectivity index (χ3v) is 2.44. The molecule has 0 radical (unpaired) electrons. The van der Waals surface area contributed by atoms with Crippen LogP contribution in [0.2, 0.25) is 0 Å². The fourth-order valence-corrected chi connectivity index (χ4v) is 1.71. The Balaban J connectivity index is 2.19. The Kier molecular flexibility index (Phi) is 3.21. The van der Waals surface area contributed by atoms with Crippen molar-refractivity contribution in [2.24, 2.45) is 0 Å². The third kappa shape index (κ3) is 2.07. The van der Waals surface area contributed by atoms with Crippen LogP contribution >= 0.6 is 0 Å². The number of imide groups is 1. The Morgan fingerprint density at radius 3 is 2.18 bits per heavy atom. The number of amides is 2. The van der Waals surface area contributed by atoms with Crippen LogP contribution in [0.3, 0.4) is 0 Å². The Morgan fingerprint density at radius 2 is 1.71 bits per heavy atom. The average Bonchev–Trinajstić information content (AvgIpc) is 2.56. The predicted molar refractivity (Wildman–Crippen MR) is 59.4 cm³/mol. The molecule has 2 rings (SSSR count). The standard InChI is InChI=1S/C12H13NO4/c1-8(7-16-2)17-13-11(14)9-5-3-4-6-10(9)12(13)15/h3-6,8H,7H2,1-2H3/t8-/m0/s1. The molecule has 0 unspecified atom stereocenters. The minimum Gasteiger partial charge on any atom is -0.382 e. The minimum absolute atomic E-state index is 0.313. The van der Waals surface area contributed by atoms with Gasteiger partial charge in [0, 0.05) is 7.11 Å². The van der Waals surface area contributed by atoms with Crippen molar-refractivity contribution in [1.82, 2.24) is 5.06 Å². The normalized spacial score (nSPS) is 16.2. The summed E-state index contributed by atoms with van der Waals surface area (Å²) in [4.78, 5) is 29.0. The summed E-state index contributed by atoms with van der Waals surface area (Å²) >= 11 is 0. The van der Waals surface area contributed by atoms with Gasteiger partial charge in [-0.15, -0.1) is 5.06 Å². The second kappa shape index (κ2) is 4.65. The molecule has 1 heterocycles. The molecule has 1 aromatic rings. The number of benzene rings is 1. The molecule has 5 heteroatoms. The maximum absolute atomic E-state index is 11.9. The topological polar surface area (TPSA) is 55.8 Å². The molecule has 0 N–H and O–H groups in total. The van der Waals surface area contributed by atoms with Crippen molar-refractivity contribution in [2.75, 3.05) is 13.7 Å². The number of hydroxylamine groups is 2. The number of hydrogen-bond donors (Lipinski definition) is 0. The fraction of sp³-hybridized carbons (Fsp3) is 0.333. The number of carbonyl (C=O) groups excluding carboxylic acids is 2. The summed E-state index contributed by atoms with van der Waals surface area (Å²) in [6, 6.07) is 6.65. The molecule has 5 nitrogen and oxygen atoms in total. The molecule has 1 aliphatic heterocycles. The Morgan fingerprint density at radius 1 is 1.18 bits per heavy atom. The Labute approximate surface area is 98.9 Å². The summed E-state index contributed by atoms with van der Waals surface area (Å²) in [7, 11) is 1.53. The predicted octanol–water partition coefficient (Wildman–Crippen LogP) is 1.25. The largest absolute Gasteiger partial charge is 0.382 e. The van der Waals surface area contributed by atoms with Crippen LogP contribution in [0.1, 0.15) is 27.6 Å². The highest BCUT2D eigenvalue weighted by molar-refractivity contribution is 6.20. The van der Waals surface area contributed by atoms with Crippen LogP contribution < -0.4 is 0 Å². The molecule has 0 spiro atoms. The zero-order valence-electron chi connectivity index (χ0n) is 9.67. The van der Waals surface area contributed by atoms with Crippen LogP contribution in [-0.2, 0) is 9.57 Å². The molecule has 0 saturated carbocycles. The first-order valence-corrected chi connectivity index (χ1v) is 5.28. The van der Waals surface area contributed by atoms with E-state index in [9.17, 15) is 9.59 Å². The lowest BCUT2D eigenvalue weighted by atomic mass is 10.1. The molecule has 1 aromatic carbocycles. The van der Waals surface area contributed by atoms with Gasteiger partial charge in [0.05, 0.1) is 17.7 Å². The number of fused-ring (bicyclic) bond motifs is 1. The third-order valence-electron chi connectivity index (χ3n) is 2.44. The highest BCUT2D eigenvalue weighted by atomic mass is 16.7. The van der Waals surface area contributed by atoms with E-state index in [1.54, 1.807) is 31.2 Å². The van der Waals surface area contributed by atoms with Crippen LogP contribution in [0.25, 0.3) is 0 Å². The van der Waals surface area contributed by atoms with Crippen molar-refractivity contribution < 1.29 is 19.2 Å². The van der Waals surface area contributed by atoms with E-state index in [2.05, 4.69) is 0 Å². The van der Waals surface area contributed by atoms with E-state index in [-0.39, 0.29) is 6.10 Å². The van der Waals surface area contributed by atoms with E-state index in [1.165, 1.54) is 7.11 Å². The van der Waals surface area contributed by atoms with E-state index < -0.39 is 11.8 Å². The summed E-state index contributed by atoms with van der Waals surface area (Å²) < 4.78 is 4.89. The van der Waals surface area contributed by atoms with E-state index in [1.807, 2.05) is 0 Å². The molecule has 0 aromatic heterocycles. The summed E-state index contributed by atoms with van der Waals surface area (Å²) in [5.74, 6) is -0.845. The van der Waals surface area contributed by atoms with Gasteiger partial charge in [-0.25, -0.2) is 0 Å². The second-order valence-corrected chi connectivity index (χ2v) is 3.82. The molecular weight excluding hydrogens is 222 g/mol. The van der Waals surface area contributed by atoms with E-state index >= 15 is 0 Å². The summed E-state index contributed by atoms with van der Waals surface area (Å²) in [6.07, 6.45) is -0.359. The molecule has 2 amide bonds. The van der Waals surface area contributed by atoms with Crippen LogP contribution in [0, 0.1) is 0 Å². The van der Waals surface area contributed by atoms with Crippen molar-refractivity contribution in [3.8, 4) is 0 Å². The lowest BCUT2D eigenvalue weighted by Crippen LogP contribution is -2.35. The molecule has 0 saturated heterocycles. The van der Waals surface area contributed by atoms with Gasteiger partial charge in [-0.05, 0) is 19.1 Å². The lowest BCUT2D eigenvalue weighted by Gasteiger charge is -2.18. The first-order chi connectivity index (χ1) is 8.15. The van der Waals surface area contributed by atoms with Crippen LogP contribution in [0.5, 0.6) is 0 Å². The first-order valence-electron chi connectivity index (χ1n) is 5.28. The SMILES string of the molecule is COC[C@H](C)ON1C(=O)c2ccccc2C1=O. The van der Waals surface area contributed by atoms with Gasteiger partial charge in [-0.1, -0.05) is 12.1 Å². The molecule has 17 heavy (non-hydrogen) atoms. The van der Waals surface area contributed by atoms with Crippen LogP contribution in [-0.4, -0.2) is 36.7 Å². The molecule has 0 aliphatic carbocycles. The van der Waals surface area contributed by atoms with Gasteiger partial charge in [0.25, 0.3) is 11.8 Å². The van der Waals surface area contributed by atoms with E-state index in [0.717, 1.165) is 5.06 Å². The first kappa shape index (κ1) is 11.8. The van der Waals surface area contributed by atoms with Crippen molar-refractivity contribution in [2.45, 2.75) is 13.0 Å². The molecular formula is C12H13NO4. The number of rotatable bonds is 4. The fourth-order valence-electron chi connectivity index (χ4n) is 1.71. The summed E-state index contributed by atoms with van der Waals surface area (Å²) in [6.45, 7) is 2.04. The van der Waals surface area contributed by atoms with Crippen LogP contribution in [0.15, 0.2) is 24.3 Å². The number of methoxy groups -OCH3 is 1. The van der Waals surface area contributed by atoms with E-state index in [0.29, 0.717) is 17.7 Å². The maximum atomic E-state index is 11.9. The highest BCUT2D eigenvalue weighted by Gasteiger charge is 2.37. The molecule has 0 fully saturated rings. The van der Waals surface area contributed by atoms with Gasteiger partial charge < -0.3 is 4.74 Å². The van der Waals surface area contributed by atoms with Crippen molar-refractivity contribution in [3.05, 3.63) is 35.4 Å². The number of carbonyl (C=O) groups is 2. The van der Waals surface area contributed by atoms with Gasteiger partial charge in [0.15, 0.2) is 0 Å². The molecule has 1 aliphatic rings. The maximum Gasteiger partial charge on any atom is 0.285 e. The van der Waals surface area contributed by atoms with Gasteiger partial charge in [0.1, 0.15) is 6.10 Å². The molecule has 1 atom stereocenters. The zero-order valence-corrected chi connectivity index (χ0v) is 9.67. The summed E-state index contributed by atoms with van der Waals surface area (Å²) in [5.41, 5.74) is 0.754. The van der Waals surface area contributed by atoms with Crippen molar-refractivity contribution in [1.29, 1.82) is 0 Å². The number of nitrogens with zero attached hydrogens (tertiary/aromatic N) is 1. The Hall–Kier alpha value is -1.72. The van der Waals surface area contributed by atoms with E-state index in [4.69, 9.17) is 9.57 Å². The Bertz CT molecular complexity index is 423. The smallest absolute Gasteiger partial charge is 0.285 e. The molecule has 90 valence electrons. The van der Waals surface area contributed by atoms with Crippen molar-refractivity contribution in [3.63, 3.8) is 0 Å². The monoisotopic (exact) mass is 235 g/mol. The highest BCUT2D eigenvalue weighted by Crippen LogP contribution is 2.23. The van der Waals surface area contributed by atoms with Gasteiger partial charge in [-0.2, -0.15) is 0 Å². The zero-order chi connectivity index (χ0) is 12.4. The average molecular weight is 235 g/mol. The minimum atomic E-state index is -0.423. The molecule has 0 bridgehead atoms. The van der Waals surface area contributed by atoms with Gasteiger partial charge >= 0.3 is 0 Å². The van der Waals surface area contributed by atoms with Crippen LogP contribution in [0.4, 0.5) is 0 Å². The number of ether oxygens (including phenoxy) is 1. The number of hydrogen-bond acceptors (Lipinski definition) is 4. The van der Waals surface area contributed by atoms with Gasteiger partial charge in [-0.3, -0.25) is 14.4 Å². The lowest BCUT2D eigenvalue weighted by molar-refractivity contribution is -0.140. The quantitative estimate of drug-likeness (QED) is 0.737. The second-order valence-electron chi connectivity index (χ2n) is 3.82. The van der Waals surface area contributed by atoms with Crippen molar-refractivity contribution >= 4 is 11.8 Å².